The molecule has 1 aromatic carbocycles. The van der Waals surface area contributed by atoms with Gasteiger partial charge in [-0.15, -0.1) is 0 Å². The first-order chi connectivity index (χ1) is 19.0. The molecular formula is C26H32N4O10. The van der Waals surface area contributed by atoms with Crippen LogP contribution in [0.3, 0.4) is 0 Å². The largest absolute Gasteiger partial charge is 0.457 e. The molecule has 0 unspecified atom stereocenters. The summed E-state index contributed by atoms with van der Waals surface area (Å²) in [6.45, 7) is 3.42. The van der Waals surface area contributed by atoms with Crippen molar-refractivity contribution in [3.8, 4) is 0 Å². The normalized spacial score (nSPS) is 29.6. The Kier molecular flexibility index (Phi) is 8.85. The molecule has 0 spiro atoms. The predicted octanol–water partition coefficient (Wildman–Crippen LogP) is -1.20. The number of aromatic nitrogens is 2. The Balaban J connectivity index is 1.53. The molecule has 2 aliphatic heterocycles. The quantitative estimate of drug-likeness (QED) is 0.248. The molecule has 0 aliphatic carbocycles. The van der Waals surface area contributed by atoms with E-state index < -0.39 is 72.0 Å². The highest BCUT2D eigenvalue weighted by molar-refractivity contribution is 5.92. The van der Waals surface area contributed by atoms with E-state index in [1.807, 2.05) is 30.3 Å². The molecular weight excluding hydrogens is 528 g/mol. The molecule has 0 saturated carbocycles. The minimum atomic E-state index is -1.65. The van der Waals surface area contributed by atoms with Gasteiger partial charge >= 0.3 is 5.69 Å². The van der Waals surface area contributed by atoms with Gasteiger partial charge in [-0.3, -0.25) is 23.9 Å². The number of carbonyl (C=O) groups is 2. The number of aliphatic hydroxyl groups excluding tert-OH is 2. The second-order valence-corrected chi connectivity index (χ2v) is 9.63. The van der Waals surface area contributed by atoms with E-state index in [4.69, 9.17) is 24.7 Å². The highest BCUT2D eigenvalue weighted by Crippen LogP contribution is 2.34. The number of carbonyl (C=O) groups excluding carboxylic acids is 2. The van der Waals surface area contributed by atoms with Crippen LogP contribution >= 0.6 is 0 Å². The lowest BCUT2D eigenvalue weighted by molar-refractivity contribution is -0.235. The molecule has 0 bridgehead atoms. The number of rotatable bonds is 9. The van der Waals surface area contributed by atoms with Gasteiger partial charge in [0.2, 0.25) is 12.2 Å². The van der Waals surface area contributed by atoms with Crippen LogP contribution < -0.4 is 22.3 Å². The van der Waals surface area contributed by atoms with Crippen molar-refractivity contribution in [2.45, 2.75) is 62.9 Å². The Morgan fingerprint density at radius 3 is 2.48 bits per heavy atom. The monoisotopic (exact) mass is 560 g/mol. The van der Waals surface area contributed by atoms with Crippen LogP contribution in [0.2, 0.25) is 0 Å². The van der Waals surface area contributed by atoms with Gasteiger partial charge in [0.1, 0.15) is 24.4 Å². The Labute approximate surface area is 228 Å². The minimum absolute atomic E-state index is 0.137. The van der Waals surface area contributed by atoms with Crippen LogP contribution in [0, 0.1) is 5.92 Å². The molecule has 9 atom stereocenters. The van der Waals surface area contributed by atoms with E-state index in [-0.39, 0.29) is 11.8 Å². The molecule has 4 rings (SSSR count). The zero-order valence-electron chi connectivity index (χ0n) is 22.0. The lowest BCUT2D eigenvalue weighted by Gasteiger charge is -2.35. The van der Waals surface area contributed by atoms with E-state index in [0.29, 0.717) is 0 Å². The van der Waals surface area contributed by atoms with Gasteiger partial charge in [-0.05, 0) is 18.6 Å². The topological polar surface area (TPSA) is 204 Å². The summed E-state index contributed by atoms with van der Waals surface area (Å²) in [5.41, 5.74) is 4.94. The maximum Gasteiger partial charge on any atom is 0.330 e. The van der Waals surface area contributed by atoms with Crippen molar-refractivity contribution < 1.29 is 38.7 Å². The third-order valence-electron chi connectivity index (χ3n) is 6.85. The van der Waals surface area contributed by atoms with E-state index in [9.17, 15) is 29.4 Å². The lowest BCUT2D eigenvalue weighted by Crippen LogP contribution is -2.53. The third kappa shape index (κ3) is 6.00. The predicted molar refractivity (Wildman–Crippen MR) is 137 cm³/mol. The van der Waals surface area contributed by atoms with Crippen LogP contribution in [0.4, 0.5) is 0 Å². The molecule has 1 fully saturated rings. The average molecular weight is 561 g/mol. The number of amides is 2. The molecule has 14 heteroatoms. The number of nitrogens with two attached hydrogens (primary N) is 1. The van der Waals surface area contributed by atoms with E-state index in [1.165, 1.54) is 13.2 Å². The maximum atomic E-state index is 13.0. The second kappa shape index (κ2) is 12.1. The number of hydrogen-bond acceptors (Lipinski definition) is 10. The molecule has 14 nitrogen and oxygen atoms in total. The molecule has 2 aliphatic rings. The van der Waals surface area contributed by atoms with Gasteiger partial charge < -0.3 is 40.2 Å². The number of hydrogen-bond donors (Lipinski definition) is 5. The van der Waals surface area contributed by atoms with Gasteiger partial charge in [-0.2, -0.15) is 0 Å². The zero-order valence-corrected chi connectivity index (χ0v) is 22.0. The number of nitrogens with one attached hydrogen (secondary N) is 2. The summed E-state index contributed by atoms with van der Waals surface area (Å²) in [6.07, 6.45) is -7.38. The van der Waals surface area contributed by atoms with Gasteiger partial charge in [0, 0.05) is 25.3 Å². The average Bonchev–Trinajstić information content (AvgIpc) is 3.24. The van der Waals surface area contributed by atoms with Crippen LogP contribution in [-0.4, -0.2) is 75.5 Å². The van der Waals surface area contributed by atoms with E-state index in [2.05, 4.69) is 10.3 Å². The lowest BCUT2D eigenvalue weighted by atomic mass is 9.99. The molecule has 6 N–H and O–H groups in total. The minimum Gasteiger partial charge on any atom is -0.457 e. The Hall–Kier alpha value is -3.82. The van der Waals surface area contributed by atoms with Crippen molar-refractivity contribution in [3.05, 3.63) is 80.8 Å². The van der Waals surface area contributed by atoms with Crippen molar-refractivity contribution in [1.82, 2.24) is 14.9 Å². The molecule has 40 heavy (non-hydrogen) atoms. The molecule has 0 radical (unpaired) electrons. The first-order valence-corrected chi connectivity index (χ1v) is 12.6. The molecule has 2 amide bonds. The fourth-order valence-electron chi connectivity index (χ4n) is 4.65. The van der Waals surface area contributed by atoms with Crippen molar-refractivity contribution in [2.75, 3.05) is 7.11 Å². The van der Waals surface area contributed by atoms with Crippen LogP contribution in [0.15, 0.2) is 64.0 Å². The number of H-pyrrole nitrogens is 1. The van der Waals surface area contributed by atoms with Gasteiger partial charge in [0.05, 0.1) is 6.04 Å². The Morgan fingerprint density at radius 2 is 1.85 bits per heavy atom. The molecule has 1 saturated heterocycles. The van der Waals surface area contributed by atoms with Crippen molar-refractivity contribution in [1.29, 1.82) is 0 Å². The third-order valence-corrected chi connectivity index (χ3v) is 6.85. The van der Waals surface area contributed by atoms with Crippen LogP contribution in [0.1, 0.15) is 31.7 Å². The highest BCUT2D eigenvalue weighted by atomic mass is 16.7. The summed E-state index contributed by atoms with van der Waals surface area (Å²) in [5, 5.41) is 24.4. The van der Waals surface area contributed by atoms with Gasteiger partial charge in [-0.25, -0.2) is 4.79 Å². The van der Waals surface area contributed by atoms with E-state index >= 15 is 0 Å². The SMILES string of the molecule is CO[C@H]1[C@@H](O)[C@H](n2ccc(=O)[nH]c2=O)O[C@@H]1[C@@H](O[C@H]1OC(C(=O)N[C@@H](C)c2ccccc2)=C[C@H](C)[C@@H]1O)C(N)=O. The fraction of sp³-hybridized carbons (Fsp3) is 0.462. The van der Waals surface area contributed by atoms with Crippen molar-refractivity contribution in [3.63, 3.8) is 0 Å². The number of aliphatic hydroxyl groups is 2. The standard InChI is InChI=1S/C26H32N4O10/c1-12-11-15(23(35)28-13(2)14-7-5-4-6-8-14)38-25(17(12)32)40-21(22(27)34)20-19(37-3)18(33)24(39-20)30-10-9-16(31)29-26(30)36/h4-13,17-21,24-25,32-33H,1-3H3,(H2,27,34)(H,28,35)(H,29,31,36)/t12-,13-,17-,18+,19-,20-,21+,24+,25+/m0/s1. The highest BCUT2D eigenvalue weighted by Gasteiger charge is 2.52. The Bertz CT molecular complexity index is 1360. The molecule has 3 heterocycles. The van der Waals surface area contributed by atoms with Gasteiger partial charge in [0.15, 0.2) is 18.1 Å². The summed E-state index contributed by atoms with van der Waals surface area (Å²) < 4.78 is 23.5. The Morgan fingerprint density at radius 1 is 1.15 bits per heavy atom. The number of nitrogens with zero attached hydrogens (tertiary/aromatic N) is 1. The van der Waals surface area contributed by atoms with E-state index in [1.54, 1.807) is 13.8 Å². The molecule has 1 aromatic heterocycles. The smallest absolute Gasteiger partial charge is 0.330 e. The second-order valence-electron chi connectivity index (χ2n) is 9.63. The number of primary amides is 1. The summed E-state index contributed by atoms with van der Waals surface area (Å²) in [7, 11) is 1.24. The van der Waals surface area contributed by atoms with Gasteiger partial charge in [-0.1, -0.05) is 37.3 Å². The maximum absolute atomic E-state index is 13.0. The van der Waals surface area contributed by atoms with Crippen molar-refractivity contribution >= 4 is 11.8 Å². The first kappa shape index (κ1) is 29.2. The summed E-state index contributed by atoms with van der Waals surface area (Å²) in [6, 6.07) is 9.94. The fourth-order valence-corrected chi connectivity index (χ4v) is 4.65. The van der Waals surface area contributed by atoms with Crippen LogP contribution in [0.25, 0.3) is 0 Å². The number of ether oxygens (including phenoxy) is 4. The summed E-state index contributed by atoms with van der Waals surface area (Å²) in [5.74, 6) is -2.38. The van der Waals surface area contributed by atoms with E-state index in [0.717, 1.165) is 22.4 Å². The van der Waals surface area contributed by atoms with Crippen LogP contribution in [0.5, 0.6) is 0 Å². The first-order valence-electron chi connectivity index (χ1n) is 12.6. The van der Waals surface area contributed by atoms with Crippen molar-refractivity contribution in [2.24, 2.45) is 11.7 Å². The molecule has 216 valence electrons. The number of benzene rings is 1. The summed E-state index contributed by atoms with van der Waals surface area (Å²) >= 11 is 0. The van der Waals surface area contributed by atoms with Crippen LogP contribution in [-0.2, 0) is 28.5 Å². The summed E-state index contributed by atoms with van der Waals surface area (Å²) in [4.78, 5) is 51.3. The molecule has 2 aromatic rings. The zero-order chi connectivity index (χ0) is 29.1. The van der Waals surface area contributed by atoms with Gasteiger partial charge in [0.25, 0.3) is 11.5 Å². The number of aromatic amines is 1. The number of methoxy groups -OCH3 is 1.